The maximum atomic E-state index is 12.2. The van der Waals surface area contributed by atoms with E-state index in [0.29, 0.717) is 16.8 Å². The Labute approximate surface area is 124 Å². The molecule has 0 aliphatic heterocycles. The van der Waals surface area contributed by atoms with Crippen LogP contribution in [0.5, 0.6) is 5.88 Å². The fraction of sp³-hybridized carbons (Fsp3) is 0.133. The zero-order valence-electron chi connectivity index (χ0n) is 11.2. The summed E-state index contributed by atoms with van der Waals surface area (Å²) >= 11 is 1.30. The van der Waals surface area contributed by atoms with Crippen molar-refractivity contribution in [3.63, 3.8) is 0 Å². The van der Waals surface area contributed by atoms with Gasteiger partial charge in [-0.1, -0.05) is 30.3 Å². The number of pyridine rings is 1. The van der Waals surface area contributed by atoms with Gasteiger partial charge in [-0.05, 0) is 18.6 Å². The van der Waals surface area contributed by atoms with Gasteiger partial charge in [-0.15, -0.1) is 11.3 Å². The summed E-state index contributed by atoms with van der Waals surface area (Å²) in [4.78, 5) is 16.0. The van der Waals surface area contributed by atoms with Crippen LogP contribution in [0.2, 0.25) is 0 Å². The summed E-state index contributed by atoms with van der Waals surface area (Å²) in [5, 5.41) is 21.0. The zero-order valence-corrected chi connectivity index (χ0v) is 12.1. The van der Waals surface area contributed by atoms with Gasteiger partial charge in [0.25, 0.3) is 5.43 Å². The van der Waals surface area contributed by atoms with Crippen LogP contribution in [0, 0.1) is 5.39 Å². The van der Waals surface area contributed by atoms with Crippen LogP contribution in [0.15, 0.2) is 41.2 Å². The molecule has 0 fully saturated rings. The number of hydrogen-bond acceptors (Lipinski definition) is 4. The van der Waals surface area contributed by atoms with Gasteiger partial charge >= 0.3 is 5.69 Å². The van der Waals surface area contributed by atoms with Gasteiger partial charge in [-0.3, -0.25) is 4.79 Å². The maximum absolute atomic E-state index is 12.2. The van der Waals surface area contributed by atoms with E-state index in [9.17, 15) is 9.90 Å². The third-order valence-electron chi connectivity index (χ3n) is 3.35. The average molecular weight is 297 g/mol. The number of fused-ring (bicyclic) bond motifs is 1. The van der Waals surface area contributed by atoms with Crippen LogP contribution in [0.4, 0.5) is 5.69 Å². The van der Waals surface area contributed by atoms with Crippen LogP contribution in [0.3, 0.4) is 0 Å². The highest BCUT2D eigenvalue weighted by Crippen LogP contribution is 2.35. The zero-order chi connectivity index (χ0) is 15.0. The molecule has 21 heavy (non-hydrogen) atoms. The van der Waals surface area contributed by atoms with Gasteiger partial charge in [-0.2, -0.15) is 0 Å². The minimum atomic E-state index is -0.560. The normalized spacial score (nSPS) is 10.7. The van der Waals surface area contributed by atoms with Crippen molar-refractivity contribution in [1.82, 2.24) is 4.57 Å². The van der Waals surface area contributed by atoms with Crippen LogP contribution in [-0.4, -0.2) is 4.57 Å². The minimum absolute atomic E-state index is 0.406. The molecule has 0 unspecified atom stereocenters. The molecular weight excluding hydrogens is 286 g/mol. The lowest BCUT2D eigenvalue weighted by Gasteiger charge is -2.13. The first-order valence-corrected chi connectivity index (χ1v) is 7.27. The Bertz CT molecular complexity index is 920. The van der Waals surface area contributed by atoms with Crippen molar-refractivity contribution in [2.75, 3.05) is 0 Å². The molecule has 0 aliphatic carbocycles. The summed E-state index contributed by atoms with van der Waals surface area (Å²) in [5.41, 5.74) is 0.625. The summed E-state index contributed by atoms with van der Waals surface area (Å²) in [6.45, 7) is 2.22. The van der Waals surface area contributed by atoms with Crippen LogP contribution in [0.25, 0.3) is 25.6 Å². The Morgan fingerprint density at radius 3 is 2.67 bits per heavy atom. The highest BCUT2D eigenvalue weighted by molar-refractivity contribution is 7.22. The fourth-order valence-corrected chi connectivity index (χ4v) is 3.44. The topological polar surface area (TPSA) is 73.2 Å². The number of thiophene rings is 1. The molecule has 6 heteroatoms. The molecule has 0 saturated carbocycles. The van der Waals surface area contributed by atoms with E-state index in [2.05, 4.69) is 4.98 Å². The van der Waals surface area contributed by atoms with Crippen molar-refractivity contribution in [3.8, 4) is 16.3 Å². The monoisotopic (exact) mass is 297 g/mol. The van der Waals surface area contributed by atoms with Crippen LogP contribution in [-0.2, 0) is 6.54 Å². The van der Waals surface area contributed by atoms with Crippen LogP contribution >= 0.6 is 11.3 Å². The molecular formula is C15H11N3O2S. The number of benzene rings is 1. The SMILES string of the molecule is CCn1c([O-])c([N+]#N)c(=O)c2sc(-c3ccccc3)cc21. The van der Waals surface area contributed by atoms with Crippen molar-refractivity contribution in [3.05, 3.63) is 51.6 Å². The van der Waals surface area contributed by atoms with Crippen molar-refractivity contribution >= 4 is 27.2 Å². The Hall–Kier alpha value is -2.65. The average Bonchev–Trinajstić information content (AvgIpc) is 2.94. The molecule has 0 radical (unpaired) electrons. The molecule has 104 valence electrons. The van der Waals surface area contributed by atoms with Gasteiger partial charge in [-0.25, -0.2) is 0 Å². The number of rotatable bonds is 2. The highest BCUT2D eigenvalue weighted by atomic mass is 32.1. The molecule has 2 aromatic heterocycles. The number of aromatic nitrogens is 1. The Balaban J connectivity index is 2.39. The largest absolute Gasteiger partial charge is 0.854 e. The summed E-state index contributed by atoms with van der Waals surface area (Å²) in [5.74, 6) is -0.560. The van der Waals surface area contributed by atoms with Gasteiger partial charge < -0.3 is 9.67 Å². The smallest absolute Gasteiger partial charge is 0.441 e. The molecule has 3 rings (SSSR count). The van der Waals surface area contributed by atoms with Gasteiger partial charge in [0.15, 0.2) is 4.98 Å². The second kappa shape index (κ2) is 5.04. The molecule has 0 spiro atoms. The fourth-order valence-electron chi connectivity index (χ4n) is 2.33. The quantitative estimate of drug-likeness (QED) is 0.681. The predicted octanol–water partition coefficient (Wildman–Crippen LogP) is 3.31. The van der Waals surface area contributed by atoms with E-state index in [1.165, 1.54) is 15.9 Å². The number of hydrogen-bond donors (Lipinski definition) is 0. The molecule has 1 aromatic carbocycles. The molecule has 5 nitrogen and oxygen atoms in total. The van der Waals surface area contributed by atoms with Crippen molar-refractivity contribution in [2.24, 2.45) is 0 Å². The Morgan fingerprint density at radius 2 is 2.05 bits per heavy atom. The first-order valence-electron chi connectivity index (χ1n) is 6.45. The second-order valence-electron chi connectivity index (χ2n) is 4.52. The third kappa shape index (κ3) is 1.99. The molecule has 0 bridgehead atoms. The third-order valence-corrected chi connectivity index (χ3v) is 4.52. The molecule has 2 heterocycles. The standard InChI is InChI=1S/C15H11N3O2S/c1-2-18-10-8-11(9-6-4-3-5-7-9)21-14(10)13(19)12(17-16)15(18)20/h3-8H,2H2,1H3. The van der Waals surface area contributed by atoms with Gasteiger partial charge in [0.2, 0.25) is 5.39 Å². The van der Waals surface area contributed by atoms with E-state index in [1.807, 2.05) is 43.3 Å². The lowest BCUT2D eigenvalue weighted by atomic mass is 10.2. The van der Waals surface area contributed by atoms with E-state index in [-0.39, 0.29) is 0 Å². The lowest BCUT2D eigenvalue weighted by Crippen LogP contribution is -2.13. The van der Waals surface area contributed by atoms with Crippen molar-refractivity contribution in [1.29, 1.82) is 5.39 Å². The summed E-state index contributed by atoms with van der Waals surface area (Å²) in [6.07, 6.45) is 0. The first kappa shape index (κ1) is 13.3. The number of diazo groups is 1. The van der Waals surface area contributed by atoms with Crippen LogP contribution < -0.4 is 10.5 Å². The summed E-state index contributed by atoms with van der Waals surface area (Å²) in [6, 6.07) is 11.5. The van der Waals surface area contributed by atoms with Gasteiger partial charge in [0.05, 0.1) is 11.4 Å². The minimum Gasteiger partial charge on any atom is -0.854 e. The van der Waals surface area contributed by atoms with Gasteiger partial charge in [0, 0.05) is 11.4 Å². The molecule has 3 aromatic rings. The molecule has 0 aliphatic rings. The predicted molar refractivity (Wildman–Crippen MR) is 81.4 cm³/mol. The van der Waals surface area contributed by atoms with Crippen molar-refractivity contribution in [2.45, 2.75) is 13.5 Å². The second-order valence-corrected chi connectivity index (χ2v) is 5.57. The maximum Gasteiger partial charge on any atom is 0.441 e. The van der Waals surface area contributed by atoms with E-state index >= 15 is 0 Å². The Kier molecular flexibility index (Phi) is 3.20. The van der Waals surface area contributed by atoms with Gasteiger partial charge in [0.1, 0.15) is 4.70 Å². The molecule has 0 atom stereocenters. The summed E-state index contributed by atoms with van der Waals surface area (Å²) in [7, 11) is 0. The summed E-state index contributed by atoms with van der Waals surface area (Å²) < 4.78 is 1.89. The molecule has 0 amide bonds. The van der Waals surface area contributed by atoms with Crippen LogP contribution in [0.1, 0.15) is 6.92 Å². The number of nitrogens with zero attached hydrogens (tertiary/aromatic N) is 3. The van der Waals surface area contributed by atoms with Crippen molar-refractivity contribution < 1.29 is 5.11 Å². The van der Waals surface area contributed by atoms with E-state index in [4.69, 9.17) is 5.39 Å². The molecule has 0 N–H and O–H groups in total. The Morgan fingerprint density at radius 1 is 1.33 bits per heavy atom. The lowest BCUT2D eigenvalue weighted by molar-refractivity contribution is -0.277. The van der Waals surface area contributed by atoms with E-state index in [0.717, 1.165) is 10.4 Å². The van der Waals surface area contributed by atoms with E-state index < -0.39 is 17.0 Å². The molecule has 0 saturated heterocycles. The highest BCUT2D eigenvalue weighted by Gasteiger charge is 2.22. The first-order chi connectivity index (χ1) is 10.2. The number of aryl methyl sites for hydroxylation is 1. The van der Waals surface area contributed by atoms with E-state index in [1.54, 1.807) is 0 Å².